The molecule has 0 bridgehead atoms. The number of nitrogens with zero attached hydrogens (tertiary/aromatic N) is 3. The summed E-state index contributed by atoms with van der Waals surface area (Å²) < 4.78 is 2.22. The Kier molecular flexibility index (Phi) is 4.04. The van der Waals surface area contributed by atoms with Crippen LogP contribution in [0.25, 0.3) is 0 Å². The van der Waals surface area contributed by atoms with E-state index in [0.717, 1.165) is 24.2 Å². The molecule has 0 fully saturated rings. The maximum Gasteiger partial charge on any atom is 0.216 e. The summed E-state index contributed by atoms with van der Waals surface area (Å²) in [6.07, 6.45) is 3.69. The summed E-state index contributed by atoms with van der Waals surface area (Å²) in [5.41, 5.74) is 2.27. The maximum atomic E-state index is 5.17. The van der Waals surface area contributed by atoms with Crippen LogP contribution in [0.3, 0.4) is 0 Å². The second-order valence-electron chi connectivity index (χ2n) is 4.11. The van der Waals surface area contributed by atoms with Crippen LogP contribution in [0.1, 0.15) is 30.3 Å². The van der Waals surface area contributed by atoms with Gasteiger partial charge in [-0.1, -0.05) is 31.2 Å². The number of hydrogen-bond donors (Lipinski definition) is 1. The van der Waals surface area contributed by atoms with Crippen molar-refractivity contribution in [2.45, 2.75) is 26.7 Å². The van der Waals surface area contributed by atoms with Gasteiger partial charge in [-0.15, -0.1) is 0 Å². The van der Waals surface area contributed by atoms with E-state index in [1.807, 2.05) is 24.4 Å². The highest BCUT2D eigenvalue weighted by molar-refractivity contribution is 7.71. The number of aryl methyl sites for hydroxylation is 2. The van der Waals surface area contributed by atoms with Crippen molar-refractivity contribution in [3.8, 4) is 0 Å². The SMILES string of the molecule is CCCc1n[nH]c(=S)n1/N=C/c1ccccc1C. The molecule has 0 saturated carbocycles. The predicted molar refractivity (Wildman–Crippen MR) is 75.6 cm³/mol. The molecule has 18 heavy (non-hydrogen) atoms. The summed E-state index contributed by atoms with van der Waals surface area (Å²) in [6.45, 7) is 4.16. The number of aromatic amines is 1. The van der Waals surface area contributed by atoms with Crippen LogP contribution >= 0.6 is 12.2 Å². The van der Waals surface area contributed by atoms with Gasteiger partial charge in [-0.05, 0) is 36.7 Å². The van der Waals surface area contributed by atoms with Gasteiger partial charge in [0.25, 0.3) is 0 Å². The molecule has 0 radical (unpaired) electrons. The molecule has 0 saturated heterocycles. The van der Waals surface area contributed by atoms with Crippen molar-refractivity contribution in [2.75, 3.05) is 0 Å². The van der Waals surface area contributed by atoms with Crippen LogP contribution in [0.15, 0.2) is 29.4 Å². The zero-order valence-corrected chi connectivity index (χ0v) is 11.4. The molecule has 0 aliphatic carbocycles. The smallest absolute Gasteiger partial charge is 0.216 e. The van der Waals surface area contributed by atoms with E-state index in [9.17, 15) is 0 Å². The molecule has 5 heteroatoms. The zero-order valence-electron chi connectivity index (χ0n) is 10.6. The molecule has 2 aromatic rings. The summed E-state index contributed by atoms with van der Waals surface area (Å²) in [4.78, 5) is 0. The first-order valence-electron chi connectivity index (χ1n) is 5.98. The Labute approximate surface area is 111 Å². The molecule has 0 spiro atoms. The third-order valence-corrected chi connectivity index (χ3v) is 2.96. The molecule has 0 amide bonds. The molecule has 0 atom stereocenters. The van der Waals surface area contributed by atoms with Crippen molar-refractivity contribution in [1.82, 2.24) is 14.9 Å². The fourth-order valence-corrected chi connectivity index (χ4v) is 1.88. The average Bonchev–Trinajstić information content (AvgIpc) is 2.70. The molecule has 0 aliphatic rings. The molecular weight excluding hydrogens is 244 g/mol. The highest BCUT2D eigenvalue weighted by atomic mass is 32.1. The zero-order chi connectivity index (χ0) is 13.0. The van der Waals surface area contributed by atoms with Crippen LogP contribution in [0.5, 0.6) is 0 Å². The van der Waals surface area contributed by atoms with Crippen LogP contribution in [-0.4, -0.2) is 21.1 Å². The first kappa shape index (κ1) is 12.7. The van der Waals surface area contributed by atoms with E-state index >= 15 is 0 Å². The van der Waals surface area contributed by atoms with Gasteiger partial charge in [0.05, 0.1) is 6.21 Å². The first-order chi connectivity index (χ1) is 8.72. The predicted octanol–water partition coefficient (Wildman–Crippen LogP) is 3.08. The molecule has 4 nitrogen and oxygen atoms in total. The molecule has 1 aromatic heterocycles. The lowest BCUT2D eigenvalue weighted by atomic mass is 10.1. The quantitative estimate of drug-likeness (QED) is 0.678. The van der Waals surface area contributed by atoms with Gasteiger partial charge in [0.15, 0.2) is 5.82 Å². The fourth-order valence-electron chi connectivity index (χ4n) is 1.68. The highest BCUT2D eigenvalue weighted by Gasteiger charge is 2.03. The van der Waals surface area contributed by atoms with Crippen molar-refractivity contribution in [2.24, 2.45) is 5.10 Å². The normalized spacial score (nSPS) is 11.2. The molecule has 94 valence electrons. The van der Waals surface area contributed by atoms with Crippen LogP contribution in [0.2, 0.25) is 0 Å². The lowest BCUT2D eigenvalue weighted by molar-refractivity contribution is 0.740. The van der Waals surface area contributed by atoms with Crippen molar-refractivity contribution in [3.63, 3.8) is 0 Å². The number of nitrogens with one attached hydrogen (secondary N) is 1. The third-order valence-electron chi connectivity index (χ3n) is 2.69. The van der Waals surface area contributed by atoms with Gasteiger partial charge >= 0.3 is 0 Å². The number of hydrogen-bond acceptors (Lipinski definition) is 3. The van der Waals surface area contributed by atoms with Crippen molar-refractivity contribution in [1.29, 1.82) is 0 Å². The van der Waals surface area contributed by atoms with Gasteiger partial charge < -0.3 is 0 Å². The first-order valence-corrected chi connectivity index (χ1v) is 6.39. The van der Waals surface area contributed by atoms with Crippen LogP contribution in [0.4, 0.5) is 0 Å². The molecule has 1 heterocycles. The number of benzene rings is 1. The van der Waals surface area contributed by atoms with Crippen LogP contribution < -0.4 is 0 Å². The van der Waals surface area contributed by atoms with E-state index in [4.69, 9.17) is 12.2 Å². The minimum absolute atomic E-state index is 0.531. The van der Waals surface area contributed by atoms with Crippen LogP contribution in [-0.2, 0) is 6.42 Å². The largest absolute Gasteiger partial charge is 0.250 e. The van der Waals surface area contributed by atoms with E-state index < -0.39 is 0 Å². The summed E-state index contributed by atoms with van der Waals surface area (Å²) in [7, 11) is 0. The van der Waals surface area contributed by atoms with E-state index in [2.05, 4.69) is 35.2 Å². The highest BCUT2D eigenvalue weighted by Crippen LogP contribution is 2.05. The second-order valence-corrected chi connectivity index (χ2v) is 4.49. The Hall–Kier alpha value is -1.75. The molecular formula is C13H16N4S. The molecule has 0 aliphatic heterocycles. The fraction of sp³-hybridized carbons (Fsp3) is 0.308. The minimum atomic E-state index is 0.531. The van der Waals surface area contributed by atoms with Gasteiger partial charge in [-0.2, -0.15) is 14.9 Å². The van der Waals surface area contributed by atoms with Gasteiger partial charge in [0.2, 0.25) is 4.77 Å². The average molecular weight is 260 g/mol. The summed E-state index contributed by atoms with van der Waals surface area (Å²) in [6, 6.07) is 8.10. The lowest BCUT2D eigenvalue weighted by Gasteiger charge is -2.00. The minimum Gasteiger partial charge on any atom is -0.250 e. The van der Waals surface area contributed by atoms with E-state index in [0.29, 0.717) is 4.77 Å². The second kappa shape index (κ2) is 5.73. The summed E-state index contributed by atoms with van der Waals surface area (Å²) in [5, 5.41) is 11.4. The molecule has 1 N–H and O–H groups in total. The van der Waals surface area contributed by atoms with Gasteiger partial charge in [0, 0.05) is 6.42 Å². The Morgan fingerprint density at radius 3 is 2.94 bits per heavy atom. The molecule has 1 aromatic carbocycles. The Morgan fingerprint density at radius 2 is 2.22 bits per heavy atom. The van der Waals surface area contributed by atoms with E-state index in [-0.39, 0.29) is 0 Å². The van der Waals surface area contributed by atoms with Crippen molar-refractivity contribution in [3.05, 3.63) is 46.0 Å². The van der Waals surface area contributed by atoms with Gasteiger partial charge in [-0.3, -0.25) is 5.10 Å². The number of aromatic nitrogens is 3. The Morgan fingerprint density at radius 1 is 1.44 bits per heavy atom. The molecule has 2 rings (SSSR count). The Bertz CT molecular complexity index is 609. The van der Waals surface area contributed by atoms with Crippen molar-refractivity contribution >= 4 is 18.4 Å². The maximum absolute atomic E-state index is 5.17. The number of H-pyrrole nitrogens is 1. The van der Waals surface area contributed by atoms with E-state index in [1.165, 1.54) is 5.56 Å². The topological polar surface area (TPSA) is 46.0 Å². The standard InChI is InChI=1S/C13H16N4S/c1-3-6-12-15-16-13(18)17(12)14-9-11-8-5-4-7-10(11)2/h4-5,7-9H,3,6H2,1-2H3,(H,16,18)/b14-9+. The number of rotatable bonds is 4. The third kappa shape index (κ3) is 2.73. The Balaban J connectivity index is 2.32. The summed E-state index contributed by atoms with van der Waals surface area (Å²) in [5.74, 6) is 0.868. The molecule has 0 unspecified atom stereocenters. The van der Waals surface area contributed by atoms with E-state index in [1.54, 1.807) is 4.68 Å². The monoisotopic (exact) mass is 260 g/mol. The van der Waals surface area contributed by atoms with Crippen molar-refractivity contribution < 1.29 is 0 Å². The summed E-state index contributed by atoms with van der Waals surface area (Å²) >= 11 is 5.17. The van der Waals surface area contributed by atoms with Gasteiger partial charge in [0.1, 0.15) is 0 Å². The van der Waals surface area contributed by atoms with Crippen LogP contribution in [0, 0.1) is 11.7 Å². The van der Waals surface area contributed by atoms with Gasteiger partial charge in [-0.25, -0.2) is 0 Å². The lowest BCUT2D eigenvalue weighted by Crippen LogP contribution is -1.99.